The van der Waals surface area contributed by atoms with Crippen molar-refractivity contribution in [3.63, 3.8) is 0 Å². The van der Waals surface area contributed by atoms with E-state index in [2.05, 4.69) is 10.3 Å². The Hall–Kier alpha value is -1.87. The maximum atomic E-state index is 12.5. The van der Waals surface area contributed by atoms with Gasteiger partial charge in [-0.3, -0.25) is 9.78 Å². The number of carbonyl (C=O) groups excluding carboxylic acids is 1. The Morgan fingerprint density at radius 1 is 1.10 bits per heavy atom. The van der Waals surface area contributed by atoms with Crippen molar-refractivity contribution in [3.05, 3.63) is 59.4 Å². The first kappa shape index (κ1) is 14.5. The predicted octanol–water partition coefficient (Wildman–Crippen LogP) is 4.11. The molecular weight excluding hydrogens is 272 g/mol. The zero-order valence-electron chi connectivity index (χ0n) is 11.5. The van der Waals surface area contributed by atoms with Crippen molar-refractivity contribution in [3.8, 4) is 0 Å². The van der Waals surface area contributed by atoms with Crippen molar-refractivity contribution < 1.29 is 4.79 Å². The van der Waals surface area contributed by atoms with Crippen LogP contribution in [0.1, 0.15) is 25.3 Å². The molecule has 0 unspecified atom stereocenters. The summed E-state index contributed by atoms with van der Waals surface area (Å²) in [5.41, 5.74) is 1.72. The van der Waals surface area contributed by atoms with Crippen molar-refractivity contribution in [2.45, 2.75) is 19.8 Å². The third kappa shape index (κ3) is 3.58. The largest absolute Gasteiger partial charge is 0.325 e. The summed E-state index contributed by atoms with van der Waals surface area (Å²) in [5.74, 6) is -0.0352. The number of rotatable bonds is 4. The van der Waals surface area contributed by atoms with Crippen LogP contribution >= 0.6 is 11.6 Å². The molecule has 4 heteroatoms. The van der Waals surface area contributed by atoms with Crippen molar-refractivity contribution >= 4 is 23.2 Å². The van der Waals surface area contributed by atoms with Crippen LogP contribution in [-0.2, 0) is 4.79 Å². The van der Waals surface area contributed by atoms with Gasteiger partial charge in [-0.2, -0.15) is 0 Å². The summed E-state index contributed by atoms with van der Waals surface area (Å²) >= 11 is 5.90. The monoisotopic (exact) mass is 288 g/mol. The number of hydrogen-bond donors (Lipinski definition) is 1. The fourth-order valence-electron chi connectivity index (χ4n) is 2.16. The average Bonchev–Trinajstić information content (AvgIpc) is 2.42. The second-order valence-electron chi connectivity index (χ2n) is 5.00. The number of hydrogen-bond acceptors (Lipinski definition) is 2. The van der Waals surface area contributed by atoms with E-state index in [9.17, 15) is 4.79 Å². The van der Waals surface area contributed by atoms with E-state index in [4.69, 9.17) is 11.6 Å². The van der Waals surface area contributed by atoms with Gasteiger partial charge in [0.15, 0.2) is 0 Å². The zero-order valence-corrected chi connectivity index (χ0v) is 12.3. The summed E-state index contributed by atoms with van der Waals surface area (Å²) in [6.45, 7) is 4.07. The van der Waals surface area contributed by atoms with E-state index in [0.29, 0.717) is 5.02 Å². The Kier molecular flexibility index (Phi) is 4.74. The molecular formula is C16H17ClN2O. The van der Waals surface area contributed by atoms with E-state index >= 15 is 0 Å². The van der Waals surface area contributed by atoms with Crippen LogP contribution in [0.15, 0.2) is 48.8 Å². The number of amides is 1. The molecule has 0 aliphatic heterocycles. The van der Waals surface area contributed by atoms with Crippen molar-refractivity contribution in [2.75, 3.05) is 5.32 Å². The molecule has 0 aliphatic rings. The number of pyridine rings is 1. The zero-order chi connectivity index (χ0) is 14.5. The molecule has 1 amide bonds. The fraction of sp³-hybridized carbons (Fsp3) is 0.250. The Morgan fingerprint density at radius 2 is 1.70 bits per heavy atom. The summed E-state index contributed by atoms with van der Waals surface area (Å²) in [4.78, 5) is 16.4. The van der Waals surface area contributed by atoms with Crippen LogP contribution in [-0.4, -0.2) is 10.9 Å². The van der Waals surface area contributed by atoms with Crippen molar-refractivity contribution in [1.29, 1.82) is 0 Å². The summed E-state index contributed by atoms with van der Waals surface area (Å²) in [5, 5.41) is 3.60. The first-order valence-electron chi connectivity index (χ1n) is 6.54. The molecule has 20 heavy (non-hydrogen) atoms. The number of anilines is 1. The quantitative estimate of drug-likeness (QED) is 0.920. The van der Waals surface area contributed by atoms with Gasteiger partial charge in [0.05, 0.1) is 5.92 Å². The number of nitrogens with zero attached hydrogens (tertiary/aromatic N) is 1. The van der Waals surface area contributed by atoms with E-state index in [0.717, 1.165) is 11.3 Å². The normalized spacial score (nSPS) is 12.2. The lowest BCUT2D eigenvalue weighted by molar-refractivity contribution is -0.118. The molecule has 0 aliphatic carbocycles. The van der Waals surface area contributed by atoms with Gasteiger partial charge in [0.1, 0.15) is 0 Å². The van der Waals surface area contributed by atoms with Gasteiger partial charge in [0.2, 0.25) is 5.91 Å². The first-order valence-corrected chi connectivity index (χ1v) is 6.92. The molecule has 1 heterocycles. The third-order valence-electron chi connectivity index (χ3n) is 3.13. The minimum atomic E-state index is -0.208. The molecule has 1 atom stereocenters. The van der Waals surface area contributed by atoms with Gasteiger partial charge in [0.25, 0.3) is 0 Å². The first-order chi connectivity index (χ1) is 9.58. The van der Waals surface area contributed by atoms with Crippen LogP contribution < -0.4 is 5.32 Å². The summed E-state index contributed by atoms with van der Waals surface area (Å²) in [7, 11) is 0. The second-order valence-corrected chi connectivity index (χ2v) is 5.43. The van der Waals surface area contributed by atoms with Gasteiger partial charge < -0.3 is 5.32 Å². The van der Waals surface area contributed by atoms with Gasteiger partial charge in [0, 0.05) is 23.1 Å². The number of benzene rings is 1. The predicted molar refractivity (Wildman–Crippen MR) is 81.9 cm³/mol. The van der Waals surface area contributed by atoms with Gasteiger partial charge in [-0.05, 0) is 35.7 Å². The van der Waals surface area contributed by atoms with Gasteiger partial charge in [-0.15, -0.1) is 0 Å². The topological polar surface area (TPSA) is 42.0 Å². The lowest BCUT2D eigenvalue weighted by atomic mass is 9.87. The molecule has 2 aromatic rings. The molecule has 0 bridgehead atoms. The lowest BCUT2D eigenvalue weighted by Crippen LogP contribution is -2.25. The Balaban J connectivity index is 2.20. The molecule has 1 aromatic heterocycles. The van der Waals surface area contributed by atoms with Gasteiger partial charge in [-0.1, -0.05) is 37.6 Å². The van der Waals surface area contributed by atoms with Crippen molar-refractivity contribution in [2.24, 2.45) is 5.92 Å². The molecule has 1 aromatic carbocycles. The maximum Gasteiger partial charge on any atom is 0.232 e. The number of aromatic nitrogens is 1. The van der Waals surface area contributed by atoms with E-state index < -0.39 is 0 Å². The van der Waals surface area contributed by atoms with Crippen LogP contribution in [0, 0.1) is 5.92 Å². The van der Waals surface area contributed by atoms with Crippen LogP contribution in [0.3, 0.4) is 0 Å². The Morgan fingerprint density at radius 3 is 2.25 bits per heavy atom. The van der Waals surface area contributed by atoms with Crippen LogP contribution in [0.4, 0.5) is 5.69 Å². The molecule has 0 saturated carbocycles. The number of nitrogens with one attached hydrogen (secondary N) is 1. The van der Waals surface area contributed by atoms with Crippen LogP contribution in [0.5, 0.6) is 0 Å². The summed E-state index contributed by atoms with van der Waals surface area (Å²) in [6, 6.07) is 11.0. The fourth-order valence-corrected chi connectivity index (χ4v) is 2.29. The minimum absolute atomic E-state index is 0.0199. The number of halogens is 1. The van der Waals surface area contributed by atoms with Crippen molar-refractivity contribution in [1.82, 2.24) is 4.98 Å². The highest BCUT2D eigenvalue weighted by Gasteiger charge is 2.24. The molecule has 1 N–H and O–H groups in total. The standard InChI is InChI=1S/C16H17ClN2O/c1-11(2)15(12-3-5-13(17)6-4-12)16(20)19-14-7-9-18-10-8-14/h3-11,15H,1-2H3,(H,18,19,20)/t15-/m1/s1. The highest BCUT2D eigenvalue weighted by atomic mass is 35.5. The smallest absolute Gasteiger partial charge is 0.232 e. The van der Waals surface area contributed by atoms with E-state index in [1.165, 1.54) is 0 Å². The van der Waals surface area contributed by atoms with Gasteiger partial charge >= 0.3 is 0 Å². The van der Waals surface area contributed by atoms with E-state index in [-0.39, 0.29) is 17.7 Å². The molecule has 0 saturated heterocycles. The molecule has 0 fully saturated rings. The lowest BCUT2D eigenvalue weighted by Gasteiger charge is -2.20. The van der Waals surface area contributed by atoms with Crippen LogP contribution in [0.2, 0.25) is 5.02 Å². The second kappa shape index (κ2) is 6.53. The Bertz CT molecular complexity index is 567. The SMILES string of the molecule is CC(C)[C@@H](C(=O)Nc1ccncc1)c1ccc(Cl)cc1. The highest BCUT2D eigenvalue weighted by molar-refractivity contribution is 6.30. The van der Waals surface area contributed by atoms with E-state index in [1.807, 2.05) is 38.1 Å². The summed E-state index contributed by atoms with van der Waals surface area (Å²) < 4.78 is 0. The molecule has 2 rings (SSSR count). The maximum absolute atomic E-state index is 12.5. The van der Waals surface area contributed by atoms with Crippen LogP contribution in [0.25, 0.3) is 0 Å². The highest BCUT2D eigenvalue weighted by Crippen LogP contribution is 2.27. The minimum Gasteiger partial charge on any atom is -0.325 e. The molecule has 0 spiro atoms. The Labute approximate surface area is 124 Å². The third-order valence-corrected chi connectivity index (χ3v) is 3.38. The molecule has 3 nitrogen and oxygen atoms in total. The molecule has 0 radical (unpaired) electrons. The molecule has 104 valence electrons. The number of carbonyl (C=O) groups is 1. The van der Waals surface area contributed by atoms with Gasteiger partial charge in [-0.25, -0.2) is 0 Å². The average molecular weight is 289 g/mol. The van der Waals surface area contributed by atoms with E-state index in [1.54, 1.807) is 24.5 Å². The summed E-state index contributed by atoms with van der Waals surface area (Å²) in [6.07, 6.45) is 3.31.